The van der Waals surface area contributed by atoms with Gasteiger partial charge in [-0.3, -0.25) is 9.78 Å². The smallest absolute Gasteiger partial charge is 0.246 e. The Bertz CT molecular complexity index is 675. The molecule has 0 radical (unpaired) electrons. The molecular weight excluding hydrogens is 276 g/mol. The summed E-state index contributed by atoms with van der Waals surface area (Å²) >= 11 is 0. The van der Waals surface area contributed by atoms with Gasteiger partial charge in [-0.25, -0.2) is 0 Å². The van der Waals surface area contributed by atoms with Gasteiger partial charge in [0.05, 0.1) is 12.2 Å². The molecule has 0 aromatic carbocycles. The summed E-state index contributed by atoms with van der Waals surface area (Å²) in [7, 11) is 1.76. The molecule has 4 heteroatoms. The molecule has 2 atom stereocenters. The minimum absolute atomic E-state index is 0.0663. The lowest BCUT2D eigenvalue weighted by molar-refractivity contribution is -0.125. The van der Waals surface area contributed by atoms with Gasteiger partial charge in [-0.15, -0.1) is 0 Å². The maximum Gasteiger partial charge on any atom is 0.246 e. The lowest BCUT2D eigenvalue weighted by Crippen LogP contribution is -2.24. The molecule has 2 aromatic heterocycles. The molecule has 22 heavy (non-hydrogen) atoms. The van der Waals surface area contributed by atoms with E-state index in [0.717, 1.165) is 17.2 Å². The summed E-state index contributed by atoms with van der Waals surface area (Å²) in [5, 5.41) is 0. The predicted molar refractivity (Wildman–Crippen MR) is 85.0 cm³/mol. The lowest BCUT2D eigenvalue weighted by Gasteiger charge is -2.14. The molecule has 0 N–H and O–H groups in total. The van der Waals surface area contributed by atoms with Crippen LogP contribution >= 0.6 is 0 Å². The van der Waals surface area contributed by atoms with Crippen molar-refractivity contribution in [2.24, 2.45) is 5.92 Å². The molecule has 1 saturated carbocycles. The molecular formula is C18H20N2O2. The predicted octanol–water partition coefficient (Wildman–Crippen LogP) is 3.47. The highest BCUT2D eigenvalue weighted by Crippen LogP contribution is 2.47. The normalized spacial score (nSPS) is 20.3. The zero-order valence-electron chi connectivity index (χ0n) is 12.9. The molecule has 1 aliphatic carbocycles. The standard InChI is InChI=1S/C18H20N2O2/c1-13-11-16(13)17-8-6-15(22-17)7-9-18(21)20(2)12-14-5-3-4-10-19-14/h3-10,13,16H,11-12H2,1-2H3/b9-7+. The second kappa shape index (κ2) is 6.18. The molecule has 0 spiro atoms. The number of hydrogen-bond donors (Lipinski definition) is 0. The van der Waals surface area contributed by atoms with Crippen LogP contribution < -0.4 is 0 Å². The van der Waals surface area contributed by atoms with E-state index < -0.39 is 0 Å². The average Bonchev–Trinajstić information content (AvgIpc) is 3.07. The van der Waals surface area contributed by atoms with Crippen LogP contribution in [0, 0.1) is 5.92 Å². The molecule has 2 unspecified atom stereocenters. The minimum Gasteiger partial charge on any atom is -0.461 e. The zero-order chi connectivity index (χ0) is 15.5. The average molecular weight is 296 g/mol. The molecule has 0 saturated heterocycles. The van der Waals surface area contributed by atoms with E-state index in [4.69, 9.17) is 4.42 Å². The van der Waals surface area contributed by atoms with E-state index in [1.54, 1.807) is 30.3 Å². The van der Waals surface area contributed by atoms with E-state index in [1.807, 2.05) is 30.3 Å². The molecule has 4 nitrogen and oxygen atoms in total. The van der Waals surface area contributed by atoms with Gasteiger partial charge >= 0.3 is 0 Å². The van der Waals surface area contributed by atoms with Crippen molar-refractivity contribution in [1.82, 2.24) is 9.88 Å². The summed E-state index contributed by atoms with van der Waals surface area (Å²) in [6, 6.07) is 9.61. The number of nitrogens with zero attached hydrogens (tertiary/aromatic N) is 2. The van der Waals surface area contributed by atoms with E-state index in [9.17, 15) is 4.79 Å². The van der Waals surface area contributed by atoms with Crippen molar-refractivity contribution in [2.75, 3.05) is 7.05 Å². The lowest BCUT2D eigenvalue weighted by atomic mass is 10.3. The largest absolute Gasteiger partial charge is 0.461 e. The van der Waals surface area contributed by atoms with Gasteiger partial charge in [-0.05, 0) is 42.7 Å². The van der Waals surface area contributed by atoms with Gasteiger partial charge in [0, 0.05) is 25.2 Å². The highest BCUT2D eigenvalue weighted by Gasteiger charge is 2.36. The Hall–Kier alpha value is -2.36. The Kier molecular flexibility index (Phi) is 4.09. The van der Waals surface area contributed by atoms with Crippen LogP contribution in [0.25, 0.3) is 6.08 Å². The van der Waals surface area contributed by atoms with Gasteiger partial charge < -0.3 is 9.32 Å². The summed E-state index contributed by atoms with van der Waals surface area (Å²) in [6.45, 7) is 2.71. The molecule has 1 fully saturated rings. The third kappa shape index (κ3) is 3.45. The Morgan fingerprint density at radius 3 is 2.91 bits per heavy atom. The fraction of sp³-hybridized carbons (Fsp3) is 0.333. The summed E-state index contributed by atoms with van der Waals surface area (Å²) in [4.78, 5) is 17.9. The number of furan rings is 1. The molecule has 114 valence electrons. The number of amides is 1. The number of rotatable bonds is 5. The van der Waals surface area contributed by atoms with E-state index in [0.29, 0.717) is 18.4 Å². The number of carbonyl (C=O) groups is 1. The SMILES string of the molecule is CC1CC1c1ccc(/C=C/C(=O)N(C)Cc2ccccn2)o1. The summed E-state index contributed by atoms with van der Waals surface area (Å²) in [5.74, 6) is 2.97. The van der Waals surface area contributed by atoms with Crippen LogP contribution in [-0.4, -0.2) is 22.8 Å². The van der Waals surface area contributed by atoms with Crippen molar-refractivity contribution in [3.05, 3.63) is 59.8 Å². The quantitative estimate of drug-likeness (QED) is 0.794. The monoisotopic (exact) mass is 296 g/mol. The Morgan fingerprint density at radius 1 is 1.41 bits per heavy atom. The maximum absolute atomic E-state index is 12.1. The fourth-order valence-electron chi connectivity index (χ4n) is 2.47. The number of carbonyl (C=O) groups excluding carboxylic acids is 1. The Labute approximate surface area is 130 Å². The van der Waals surface area contributed by atoms with E-state index in [-0.39, 0.29) is 5.91 Å². The van der Waals surface area contributed by atoms with Crippen LogP contribution in [-0.2, 0) is 11.3 Å². The molecule has 2 heterocycles. The third-order valence-electron chi connectivity index (χ3n) is 4.01. The highest BCUT2D eigenvalue weighted by atomic mass is 16.3. The van der Waals surface area contributed by atoms with Crippen molar-refractivity contribution in [2.45, 2.75) is 25.8 Å². The van der Waals surface area contributed by atoms with Crippen molar-refractivity contribution in [1.29, 1.82) is 0 Å². The molecule has 3 rings (SSSR count). The van der Waals surface area contributed by atoms with Crippen molar-refractivity contribution >= 4 is 12.0 Å². The van der Waals surface area contributed by atoms with Gasteiger partial charge in [0.2, 0.25) is 5.91 Å². The van der Waals surface area contributed by atoms with Gasteiger partial charge in [0.1, 0.15) is 11.5 Å². The van der Waals surface area contributed by atoms with E-state index in [1.165, 1.54) is 6.42 Å². The van der Waals surface area contributed by atoms with Crippen LogP contribution in [0.4, 0.5) is 0 Å². The first-order chi connectivity index (χ1) is 10.6. The number of aromatic nitrogens is 1. The van der Waals surface area contributed by atoms with Crippen LogP contribution in [0.3, 0.4) is 0 Å². The number of pyridine rings is 1. The second-order valence-corrected chi connectivity index (χ2v) is 5.91. The van der Waals surface area contributed by atoms with Gasteiger partial charge in [-0.2, -0.15) is 0 Å². The van der Waals surface area contributed by atoms with Crippen molar-refractivity contribution in [3.63, 3.8) is 0 Å². The Morgan fingerprint density at radius 2 is 2.23 bits per heavy atom. The van der Waals surface area contributed by atoms with Crippen LogP contribution in [0.2, 0.25) is 0 Å². The zero-order valence-corrected chi connectivity index (χ0v) is 12.9. The van der Waals surface area contributed by atoms with E-state index >= 15 is 0 Å². The van der Waals surface area contributed by atoms with Gasteiger partial charge in [-0.1, -0.05) is 13.0 Å². The first kappa shape index (κ1) is 14.6. The molecule has 1 aliphatic rings. The van der Waals surface area contributed by atoms with Crippen molar-refractivity contribution < 1.29 is 9.21 Å². The third-order valence-corrected chi connectivity index (χ3v) is 4.01. The summed E-state index contributed by atoms with van der Waals surface area (Å²) in [6.07, 6.45) is 6.20. The number of likely N-dealkylation sites (N-methyl/N-ethyl adjacent to an activating group) is 1. The highest BCUT2D eigenvalue weighted by molar-refractivity contribution is 5.91. The van der Waals surface area contributed by atoms with E-state index in [2.05, 4.69) is 11.9 Å². The van der Waals surface area contributed by atoms with Crippen LogP contribution in [0.1, 0.15) is 36.5 Å². The van der Waals surface area contributed by atoms with Crippen LogP contribution in [0.5, 0.6) is 0 Å². The second-order valence-electron chi connectivity index (χ2n) is 5.91. The first-order valence-corrected chi connectivity index (χ1v) is 7.56. The number of hydrogen-bond acceptors (Lipinski definition) is 3. The first-order valence-electron chi connectivity index (χ1n) is 7.56. The fourth-order valence-corrected chi connectivity index (χ4v) is 2.47. The van der Waals surface area contributed by atoms with Crippen LogP contribution in [0.15, 0.2) is 47.0 Å². The topological polar surface area (TPSA) is 46.3 Å². The molecule has 2 aromatic rings. The summed E-state index contributed by atoms with van der Waals surface area (Å²) in [5.41, 5.74) is 0.870. The van der Waals surface area contributed by atoms with Gasteiger partial charge in [0.15, 0.2) is 0 Å². The maximum atomic E-state index is 12.1. The summed E-state index contributed by atoms with van der Waals surface area (Å²) < 4.78 is 5.76. The Balaban J connectivity index is 1.57. The molecule has 0 bridgehead atoms. The van der Waals surface area contributed by atoms with Gasteiger partial charge in [0.25, 0.3) is 0 Å². The van der Waals surface area contributed by atoms with Crippen molar-refractivity contribution in [3.8, 4) is 0 Å². The molecule has 1 amide bonds. The minimum atomic E-state index is -0.0663. The molecule has 0 aliphatic heterocycles.